The highest BCUT2D eigenvalue weighted by Crippen LogP contribution is 2.51. The van der Waals surface area contributed by atoms with Gasteiger partial charge in [0, 0.05) is 0 Å². The largest absolute Gasteiger partial charge is 0.477 e. The molecule has 0 aromatic heterocycles. The standard InChI is InChI=1S/C14H21O6P/c1-3-18-21(15,19-4-2)20-14(13-11-16-13)17-10-12-8-6-5-7-9-12/h5-9,13-14H,3-4,10-11H2,1-2H3/t13-,14-/m1/s1. The second kappa shape index (κ2) is 8.03. The van der Waals surface area contributed by atoms with Gasteiger partial charge in [-0.15, -0.1) is 0 Å². The molecule has 1 aliphatic heterocycles. The smallest absolute Gasteiger partial charge is 0.368 e. The van der Waals surface area contributed by atoms with Crippen LogP contribution in [0.4, 0.5) is 0 Å². The zero-order chi connectivity index (χ0) is 15.1. The van der Waals surface area contributed by atoms with Gasteiger partial charge in [-0.05, 0) is 19.4 Å². The molecule has 118 valence electrons. The molecule has 0 unspecified atom stereocenters. The fourth-order valence-electron chi connectivity index (χ4n) is 1.71. The fraction of sp³-hybridized carbons (Fsp3) is 0.571. The van der Waals surface area contributed by atoms with Crippen molar-refractivity contribution in [3.63, 3.8) is 0 Å². The van der Waals surface area contributed by atoms with E-state index in [1.54, 1.807) is 13.8 Å². The van der Waals surface area contributed by atoms with Crippen LogP contribution in [0.15, 0.2) is 30.3 Å². The number of phosphoric ester groups is 1. The van der Waals surface area contributed by atoms with E-state index in [0.29, 0.717) is 13.2 Å². The minimum Gasteiger partial charge on any atom is -0.368 e. The van der Waals surface area contributed by atoms with E-state index in [4.69, 9.17) is 23.0 Å². The summed E-state index contributed by atoms with van der Waals surface area (Å²) in [6, 6.07) is 9.66. The molecule has 0 aliphatic carbocycles. The molecule has 1 aromatic carbocycles. The van der Waals surface area contributed by atoms with Crippen molar-refractivity contribution in [1.82, 2.24) is 0 Å². The van der Waals surface area contributed by atoms with Gasteiger partial charge < -0.3 is 9.47 Å². The summed E-state index contributed by atoms with van der Waals surface area (Å²) in [5.74, 6) is 0. The van der Waals surface area contributed by atoms with E-state index < -0.39 is 14.1 Å². The van der Waals surface area contributed by atoms with Gasteiger partial charge in [-0.1, -0.05) is 30.3 Å². The Morgan fingerprint density at radius 2 is 1.86 bits per heavy atom. The van der Waals surface area contributed by atoms with Gasteiger partial charge in [0.1, 0.15) is 6.10 Å². The van der Waals surface area contributed by atoms with Crippen LogP contribution in [0.1, 0.15) is 19.4 Å². The van der Waals surface area contributed by atoms with Gasteiger partial charge in [0.25, 0.3) is 0 Å². The van der Waals surface area contributed by atoms with Crippen LogP contribution in [-0.4, -0.2) is 32.2 Å². The van der Waals surface area contributed by atoms with Crippen molar-refractivity contribution in [3.8, 4) is 0 Å². The fourth-order valence-corrected chi connectivity index (χ4v) is 2.99. The molecule has 0 radical (unpaired) electrons. The van der Waals surface area contributed by atoms with E-state index >= 15 is 0 Å². The average Bonchev–Trinajstić information content (AvgIpc) is 3.30. The van der Waals surface area contributed by atoms with Gasteiger partial charge >= 0.3 is 7.82 Å². The zero-order valence-corrected chi connectivity index (χ0v) is 13.2. The number of epoxide rings is 1. The Kier molecular flexibility index (Phi) is 6.36. The van der Waals surface area contributed by atoms with Crippen molar-refractivity contribution in [3.05, 3.63) is 35.9 Å². The zero-order valence-electron chi connectivity index (χ0n) is 12.3. The van der Waals surface area contributed by atoms with Gasteiger partial charge in [0.15, 0.2) is 6.29 Å². The Labute approximate surface area is 124 Å². The quantitative estimate of drug-likeness (QED) is 0.375. The van der Waals surface area contributed by atoms with E-state index in [-0.39, 0.29) is 19.3 Å². The van der Waals surface area contributed by atoms with Crippen molar-refractivity contribution >= 4 is 7.82 Å². The van der Waals surface area contributed by atoms with Crippen LogP contribution in [0.3, 0.4) is 0 Å². The van der Waals surface area contributed by atoms with Crippen LogP contribution in [0.5, 0.6) is 0 Å². The molecular formula is C14H21O6P. The van der Waals surface area contributed by atoms with Crippen LogP contribution in [-0.2, 0) is 34.2 Å². The van der Waals surface area contributed by atoms with Crippen molar-refractivity contribution in [1.29, 1.82) is 0 Å². The first kappa shape index (κ1) is 16.6. The predicted molar refractivity (Wildman–Crippen MR) is 76.7 cm³/mol. The van der Waals surface area contributed by atoms with Crippen LogP contribution in [0.25, 0.3) is 0 Å². The SMILES string of the molecule is CCOP(=O)(OCC)O[C@@H](OCc1ccccc1)[C@H]1CO1. The highest BCUT2D eigenvalue weighted by atomic mass is 31.2. The Balaban J connectivity index is 1.93. The van der Waals surface area contributed by atoms with E-state index in [1.165, 1.54) is 0 Å². The van der Waals surface area contributed by atoms with Gasteiger partial charge in [-0.3, -0.25) is 13.6 Å². The van der Waals surface area contributed by atoms with Crippen molar-refractivity contribution in [2.75, 3.05) is 19.8 Å². The minimum absolute atomic E-state index is 0.230. The highest BCUT2D eigenvalue weighted by molar-refractivity contribution is 7.48. The summed E-state index contributed by atoms with van der Waals surface area (Å²) in [5, 5.41) is 0. The summed E-state index contributed by atoms with van der Waals surface area (Å²) < 4.78 is 38.8. The lowest BCUT2D eigenvalue weighted by Crippen LogP contribution is -2.23. The molecule has 0 bridgehead atoms. The first-order valence-corrected chi connectivity index (χ1v) is 8.47. The maximum Gasteiger partial charge on any atom is 0.477 e. The van der Waals surface area contributed by atoms with Crippen molar-refractivity contribution < 1.29 is 27.6 Å². The number of phosphoric acid groups is 1. The number of ether oxygens (including phenoxy) is 2. The predicted octanol–water partition coefficient (Wildman–Crippen LogP) is 3.13. The van der Waals surface area contributed by atoms with Gasteiger partial charge in [0.2, 0.25) is 0 Å². The normalized spacial score (nSPS) is 19.4. The molecule has 1 heterocycles. The average molecular weight is 316 g/mol. The lowest BCUT2D eigenvalue weighted by atomic mass is 10.2. The van der Waals surface area contributed by atoms with Crippen molar-refractivity contribution in [2.45, 2.75) is 32.8 Å². The lowest BCUT2D eigenvalue weighted by Gasteiger charge is -2.22. The van der Waals surface area contributed by atoms with E-state index in [0.717, 1.165) is 5.56 Å². The molecule has 1 aromatic rings. The van der Waals surface area contributed by atoms with E-state index in [1.807, 2.05) is 30.3 Å². The third-order valence-electron chi connectivity index (χ3n) is 2.73. The maximum absolute atomic E-state index is 12.4. The number of benzene rings is 1. The van der Waals surface area contributed by atoms with E-state index in [2.05, 4.69) is 0 Å². The van der Waals surface area contributed by atoms with Crippen LogP contribution < -0.4 is 0 Å². The molecule has 7 heteroatoms. The maximum atomic E-state index is 12.4. The number of hydrogen-bond donors (Lipinski definition) is 0. The summed E-state index contributed by atoms with van der Waals surface area (Å²) in [7, 11) is -3.62. The van der Waals surface area contributed by atoms with Gasteiger partial charge in [0.05, 0.1) is 26.4 Å². The summed E-state index contributed by atoms with van der Waals surface area (Å²) in [6.07, 6.45) is -1.00. The number of rotatable bonds is 10. The number of hydrogen-bond acceptors (Lipinski definition) is 6. The molecule has 0 amide bonds. The molecule has 0 N–H and O–H groups in total. The first-order chi connectivity index (χ1) is 10.2. The van der Waals surface area contributed by atoms with E-state index in [9.17, 15) is 4.57 Å². The molecule has 1 aliphatic rings. The van der Waals surface area contributed by atoms with Crippen LogP contribution in [0, 0.1) is 0 Å². The van der Waals surface area contributed by atoms with Gasteiger partial charge in [-0.2, -0.15) is 0 Å². The summed E-state index contributed by atoms with van der Waals surface area (Å²) in [4.78, 5) is 0. The first-order valence-electron chi connectivity index (χ1n) is 7.01. The second-order valence-electron chi connectivity index (χ2n) is 4.42. The highest BCUT2D eigenvalue weighted by Gasteiger charge is 2.41. The lowest BCUT2D eigenvalue weighted by molar-refractivity contribution is -0.118. The van der Waals surface area contributed by atoms with Crippen molar-refractivity contribution in [2.24, 2.45) is 0 Å². The summed E-state index contributed by atoms with van der Waals surface area (Å²) in [6.45, 7) is 4.76. The molecule has 6 nitrogen and oxygen atoms in total. The summed E-state index contributed by atoms with van der Waals surface area (Å²) in [5.41, 5.74) is 0.995. The molecule has 0 spiro atoms. The minimum atomic E-state index is -3.62. The van der Waals surface area contributed by atoms with Gasteiger partial charge in [-0.25, -0.2) is 4.57 Å². The monoisotopic (exact) mass is 316 g/mol. The molecular weight excluding hydrogens is 295 g/mol. The Hall–Kier alpha value is -0.750. The summed E-state index contributed by atoms with van der Waals surface area (Å²) >= 11 is 0. The molecule has 1 saturated heterocycles. The van der Waals surface area contributed by atoms with Crippen LogP contribution in [0.2, 0.25) is 0 Å². The second-order valence-corrected chi connectivity index (χ2v) is 6.05. The molecule has 2 rings (SSSR count). The third kappa shape index (κ3) is 5.51. The molecule has 2 atom stereocenters. The molecule has 0 saturated carbocycles. The Morgan fingerprint density at radius 3 is 2.38 bits per heavy atom. The Morgan fingerprint density at radius 1 is 1.24 bits per heavy atom. The van der Waals surface area contributed by atoms with Crippen LogP contribution >= 0.6 is 7.82 Å². The topological polar surface area (TPSA) is 66.5 Å². The molecule has 1 fully saturated rings. The Bertz CT molecular complexity index is 452. The third-order valence-corrected chi connectivity index (χ3v) is 4.34. The molecule has 21 heavy (non-hydrogen) atoms.